The molecule has 6 nitrogen and oxygen atoms in total. The number of aliphatic imine (C=N–C) groups is 1. The van der Waals surface area contributed by atoms with Crippen LogP contribution in [0.25, 0.3) is 5.57 Å². The van der Waals surface area contributed by atoms with Gasteiger partial charge in [-0.3, -0.25) is 4.99 Å². The normalized spacial score (nSPS) is 19.0. The van der Waals surface area contributed by atoms with Gasteiger partial charge in [0.1, 0.15) is 0 Å². The minimum absolute atomic E-state index is 0. The lowest BCUT2D eigenvalue weighted by molar-refractivity contribution is 0.435. The van der Waals surface area contributed by atoms with Crippen molar-refractivity contribution in [3.05, 3.63) is 42.0 Å². The lowest BCUT2D eigenvalue weighted by atomic mass is 10.00. The van der Waals surface area contributed by atoms with E-state index in [1.165, 1.54) is 11.1 Å². The van der Waals surface area contributed by atoms with Crippen LogP contribution in [0.15, 0.2) is 41.4 Å². The van der Waals surface area contributed by atoms with Crippen LogP contribution in [0.1, 0.15) is 12.0 Å². The molecule has 1 N–H and O–H groups in total. The number of thioether (sulfide) groups is 1. The Morgan fingerprint density at radius 1 is 1.18 bits per heavy atom. The average molecular weight is 537 g/mol. The number of halogens is 1. The van der Waals surface area contributed by atoms with Crippen molar-refractivity contribution < 1.29 is 8.42 Å². The quantitative estimate of drug-likeness (QED) is 0.356. The van der Waals surface area contributed by atoms with Gasteiger partial charge in [0.25, 0.3) is 0 Å². The Morgan fingerprint density at radius 2 is 1.89 bits per heavy atom. The zero-order valence-electron chi connectivity index (χ0n) is 16.2. The number of hydrogen-bond acceptors (Lipinski definition) is 4. The first-order valence-corrected chi connectivity index (χ1v) is 12.1. The molecule has 9 heteroatoms. The van der Waals surface area contributed by atoms with E-state index in [0.29, 0.717) is 19.6 Å². The van der Waals surface area contributed by atoms with E-state index in [2.05, 4.69) is 45.6 Å². The summed E-state index contributed by atoms with van der Waals surface area (Å²) < 4.78 is 26.5. The molecular formula is C19H29IN4O2S2. The van der Waals surface area contributed by atoms with Crippen LogP contribution in [-0.4, -0.2) is 80.6 Å². The van der Waals surface area contributed by atoms with Gasteiger partial charge < -0.3 is 10.2 Å². The third-order valence-corrected chi connectivity index (χ3v) is 7.69. The van der Waals surface area contributed by atoms with Crippen LogP contribution >= 0.6 is 35.7 Å². The van der Waals surface area contributed by atoms with Gasteiger partial charge in [-0.05, 0) is 17.6 Å². The molecule has 0 saturated carbocycles. The van der Waals surface area contributed by atoms with Gasteiger partial charge in [-0.15, -0.1) is 24.0 Å². The van der Waals surface area contributed by atoms with Crippen LogP contribution in [0.3, 0.4) is 0 Å². The monoisotopic (exact) mass is 536 g/mol. The Labute approximate surface area is 189 Å². The smallest absolute Gasteiger partial charge is 0.215 e. The first-order valence-electron chi connectivity index (χ1n) is 9.36. The van der Waals surface area contributed by atoms with Gasteiger partial charge in [0.2, 0.25) is 10.0 Å². The Bertz CT molecular complexity index is 778. The van der Waals surface area contributed by atoms with Crippen molar-refractivity contribution in [1.29, 1.82) is 0 Å². The molecule has 1 aromatic rings. The van der Waals surface area contributed by atoms with Crippen LogP contribution < -0.4 is 5.32 Å². The number of rotatable bonds is 5. The van der Waals surface area contributed by atoms with E-state index in [0.717, 1.165) is 37.0 Å². The summed E-state index contributed by atoms with van der Waals surface area (Å²) in [6.45, 7) is 3.28. The molecule has 1 aromatic carbocycles. The molecule has 0 atom stereocenters. The second kappa shape index (κ2) is 11.4. The topological polar surface area (TPSA) is 65.0 Å². The van der Waals surface area contributed by atoms with Gasteiger partial charge in [0.05, 0.1) is 5.75 Å². The Morgan fingerprint density at radius 3 is 2.50 bits per heavy atom. The maximum atomic E-state index is 12.4. The van der Waals surface area contributed by atoms with E-state index >= 15 is 0 Å². The molecule has 0 bridgehead atoms. The molecule has 0 aromatic heterocycles. The van der Waals surface area contributed by atoms with E-state index in [1.54, 1.807) is 11.4 Å². The predicted molar refractivity (Wildman–Crippen MR) is 130 cm³/mol. The van der Waals surface area contributed by atoms with E-state index in [-0.39, 0.29) is 29.7 Å². The highest BCUT2D eigenvalue weighted by Crippen LogP contribution is 2.22. The van der Waals surface area contributed by atoms with Crippen LogP contribution in [0.4, 0.5) is 0 Å². The maximum Gasteiger partial charge on any atom is 0.215 e. The highest BCUT2D eigenvalue weighted by molar-refractivity contribution is 14.0. The predicted octanol–water partition coefficient (Wildman–Crippen LogP) is 2.35. The molecule has 2 heterocycles. The highest BCUT2D eigenvalue weighted by atomic mass is 127. The second-order valence-corrected chi connectivity index (χ2v) is 9.91. The van der Waals surface area contributed by atoms with Gasteiger partial charge in [-0.25, -0.2) is 12.7 Å². The zero-order chi connectivity index (χ0) is 19.1. The summed E-state index contributed by atoms with van der Waals surface area (Å²) in [5, 5.41) is 3.22. The summed E-state index contributed by atoms with van der Waals surface area (Å²) in [5.41, 5.74) is 2.62. The van der Waals surface area contributed by atoms with Gasteiger partial charge in [-0.1, -0.05) is 36.4 Å². The van der Waals surface area contributed by atoms with Crippen molar-refractivity contribution in [2.45, 2.75) is 6.42 Å². The third-order valence-electron chi connectivity index (χ3n) is 4.87. The highest BCUT2D eigenvalue weighted by Gasteiger charge is 2.24. The van der Waals surface area contributed by atoms with Gasteiger partial charge in [0.15, 0.2) is 5.96 Å². The summed E-state index contributed by atoms with van der Waals surface area (Å²) >= 11 is 1.81. The summed E-state index contributed by atoms with van der Waals surface area (Å²) in [6, 6.07) is 10.4. The van der Waals surface area contributed by atoms with Gasteiger partial charge in [0, 0.05) is 51.3 Å². The first-order chi connectivity index (χ1) is 13.1. The largest absolute Gasteiger partial charge is 0.355 e. The Kier molecular flexibility index (Phi) is 9.58. The van der Waals surface area contributed by atoms with Crippen LogP contribution in [0.2, 0.25) is 0 Å². The maximum absolute atomic E-state index is 12.4. The first kappa shape index (κ1) is 23.5. The molecule has 0 aliphatic carbocycles. The van der Waals surface area contributed by atoms with E-state index in [1.807, 2.05) is 17.8 Å². The summed E-state index contributed by atoms with van der Waals surface area (Å²) in [6.07, 6.45) is 3.18. The Balaban J connectivity index is 0.00000280. The lowest BCUT2D eigenvalue weighted by Crippen LogP contribution is -2.46. The number of guanidine groups is 1. The minimum atomic E-state index is -3.19. The number of hydrogen-bond donors (Lipinski definition) is 1. The van der Waals surface area contributed by atoms with Crippen molar-refractivity contribution in [3.63, 3.8) is 0 Å². The number of nitrogens with one attached hydrogen (secondary N) is 1. The van der Waals surface area contributed by atoms with Gasteiger partial charge in [-0.2, -0.15) is 11.8 Å². The Hall–Kier alpha value is -0.780. The molecule has 2 aliphatic heterocycles. The standard InChI is InChI=1S/C19H28N4O2S2.HI/c1-20-19(21-9-16-27(24,25)23-12-14-26-15-13-23)22-10-7-18(8-11-22)17-5-3-2-4-6-17;/h2-7H,8-16H2,1H3,(H,20,21);1H. The van der Waals surface area contributed by atoms with E-state index < -0.39 is 10.0 Å². The number of sulfonamides is 1. The molecule has 28 heavy (non-hydrogen) atoms. The fourth-order valence-electron chi connectivity index (χ4n) is 3.35. The second-order valence-electron chi connectivity index (χ2n) is 6.59. The molecular weight excluding hydrogens is 507 g/mol. The molecule has 156 valence electrons. The fourth-order valence-corrected chi connectivity index (χ4v) is 5.85. The van der Waals surface area contributed by atoms with Crippen molar-refractivity contribution >= 4 is 57.3 Å². The molecule has 2 aliphatic rings. The molecule has 0 unspecified atom stereocenters. The third kappa shape index (κ3) is 6.36. The molecule has 0 spiro atoms. The van der Waals surface area contributed by atoms with Crippen molar-refractivity contribution in [1.82, 2.24) is 14.5 Å². The molecule has 1 fully saturated rings. The molecule has 1 saturated heterocycles. The SMILES string of the molecule is CN=C(NCCS(=O)(=O)N1CCSCC1)N1CC=C(c2ccccc2)CC1.I. The van der Waals surface area contributed by atoms with E-state index in [4.69, 9.17) is 0 Å². The fraction of sp³-hybridized carbons (Fsp3) is 0.526. The average Bonchev–Trinajstić information content (AvgIpc) is 2.73. The number of nitrogens with zero attached hydrogens (tertiary/aromatic N) is 3. The lowest BCUT2D eigenvalue weighted by Gasteiger charge is -2.30. The molecule has 3 rings (SSSR count). The van der Waals surface area contributed by atoms with Crippen LogP contribution in [0.5, 0.6) is 0 Å². The van der Waals surface area contributed by atoms with Crippen LogP contribution in [0, 0.1) is 0 Å². The zero-order valence-corrected chi connectivity index (χ0v) is 20.2. The molecule has 0 amide bonds. The summed E-state index contributed by atoms with van der Waals surface area (Å²) in [4.78, 5) is 6.50. The minimum Gasteiger partial charge on any atom is -0.355 e. The van der Waals surface area contributed by atoms with E-state index in [9.17, 15) is 8.42 Å². The number of benzene rings is 1. The van der Waals surface area contributed by atoms with Crippen molar-refractivity contribution in [2.24, 2.45) is 4.99 Å². The van der Waals surface area contributed by atoms with Crippen molar-refractivity contribution in [3.8, 4) is 0 Å². The molecule has 0 radical (unpaired) electrons. The van der Waals surface area contributed by atoms with Crippen LogP contribution in [-0.2, 0) is 10.0 Å². The summed E-state index contributed by atoms with van der Waals surface area (Å²) in [7, 11) is -1.45. The van der Waals surface area contributed by atoms with Crippen molar-refractivity contribution in [2.75, 3.05) is 57.0 Å². The van der Waals surface area contributed by atoms with Gasteiger partial charge >= 0.3 is 0 Å². The summed E-state index contributed by atoms with van der Waals surface area (Å²) in [5.74, 6) is 2.65.